The molecule has 0 aromatic heterocycles. The third-order valence-corrected chi connectivity index (χ3v) is 2.36. The molecule has 0 saturated heterocycles. The average molecular weight is 250 g/mol. The van der Waals surface area contributed by atoms with Crippen LogP contribution in [0.1, 0.15) is 19.4 Å². The Hall–Kier alpha value is -2.01. The number of carbonyl (C=O) groups is 1. The summed E-state index contributed by atoms with van der Waals surface area (Å²) in [5.41, 5.74) is 3.04. The fourth-order valence-corrected chi connectivity index (χ4v) is 1.44. The summed E-state index contributed by atoms with van der Waals surface area (Å²) in [6.07, 6.45) is 3.19. The highest BCUT2D eigenvalue weighted by atomic mass is 16.5. The van der Waals surface area contributed by atoms with Gasteiger partial charge in [0.1, 0.15) is 0 Å². The number of allylic oxidation sites excluding steroid dienone is 1. The molecule has 0 heterocycles. The van der Waals surface area contributed by atoms with Crippen LogP contribution in [0.4, 0.5) is 0 Å². The van der Waals surface area contributed by atoms with Crippen molar-refractivity contribution < 1.29 is 14.3 Å². The van der Waals surface area contributed by atoms with Crippen LogP contribution in [0, 0.1) is 0 Å². The Kier molecular flexibility index (Phi) is 5.20. The minimum atomic E-state index is -0.684. The Morgan fingerprint density at radius 1 is 1.44 bits per heavy atom. The Morgan fingerprint density at radius 3 is 2.72 bits per heavy atom. The first kappa shape index (κ1) is 14.1. The molecule has 5 heteroatoms. The van der Waals surface area contributed by atoms with E-state index >= 15 is 0 Å². The van der Waals surface area contributed by atoms with Crippen molar-refractivity contribution >= 4 is 12.0 Å². The van der Waals surface area contributed by atoms with E-state index in [0.29, 0.717) is 11.5 Å². The maximum atomic E-state index is 11.3. The van der Waals surface area contributed by atoms with Gasteiger partial charge in [-0.15, -0.1) is 0 Å². The van der Waals surface area contributed by atoms with Crippen LogP contribution >= 0.6 is 0 Å². The van der Waals surface area contributed by atoms with E-state index in [4.69, 9.17) is 15.3 Å². The summed E-state index contributed by atoms with van der Waals surface area (Å²) in [6.45, 7) is 3.55. The van der Waals surface area contributed by atoms with Crippen molar-refractivity contribution in [1.29, 1.82) is 0 Å². The van der Waals surface area contributed by atoms with Crippen LogP contribution in [-0.2, 0) is 4.79 Å². The first-order chi connectivity index (χ1) is 8.62. The highest BCUT2D eigenvalue weighted by Crippen LogP contribution is 2.29. The number of carbonyl (C=O) groups excluding carboxylic acids is 1. The van der Waals surface area contributed by atoms with E-state index in [0.717, 1.165) is 5.56 Å². The fourth-order valence-electron chi connectivity index (χ4n) is 1.44. The Morgan fingerprint density at radius 2 is 2.17 bits per heavy atom. The number of hydrazine groups is 1. The molecule has 0 bridgehead atoms. The van der Waals surface area contributed by atoms with Gasteiger partial charge in [0, 0.05) is 0 Å². The number of rotatable bonds is 5. The zero-order chi connectivity index (χ0) is 13.5. The number of ether oxygens (including phenoxy) is 2. The molecule has 3 N–H and O–H groups in total. The van der Waals surface area contributed by atoms with E-state index in [9.17, 15) is 4.79 Å². The molecule has 98 valence electrons. The number of nitrogens with two attached hydrogens (primary N) is 1. The number of methoxy groups -OCH3 is 1. The van der Waals surface area contributed by atoms with E-state index < -0.39 is 12.0 Å². The van der Waals surface area contributed by atoms with E-state index in [1.54, 1.807) is 20.1 Å². The van der Waals surface area contributed by atoms with Gasteiger partial charge in [0.05, 0.1) is 7.11 Å². The number of hydrogen-bond donors (Lipinski definition) is 2. The quantitative estimate of drug-likeness (QED) is 0.471. The Labute approximate surface area is 107 Å². The molecule has 0 aliphatic rings. The molecule has 0 fully saturated rings. The lowest BCUT2D eigenvalue weighted by atomic mass is 10.2. The summed E-state index contributed by atoms with van der Waals surface area (Å²) >= 11 is 0. The SMILES string of the molecule is C/C=C/c1ccc(OC(C)C(=O)NN)c(OC)c1. The maximum absolute atomic E-state index is 11.3. The van der Waals surface area contributed by atoms with E-state index in [-0.39, 0.29) is 0 Å². The van der Waals surface area contributed by atoms with Gasteiger partial charge in [-0.1, -0.05) is 18.2 Å². The normalized spacial score (nSPS) is 12.2. The van der Waals surface area contributed by atoms with Crippen molar-refractivity contribution in [3.05, 3.63) is 29.8 Å². The first-order valence-electron chi connectivity index (χ1n) is 5.60. The summed E-state index contributed by atoms with van der Waals surface area (Å²) in [5, 5.41) is 0. The highest BCUT2D eigenvalue weighted by molar-refractivity contribution is 5.80. The van der Waals surface area contributed by atoms with Crippen molar-refractivity contribution in [2.75, 3.05) is 7.11 Å². The zero-order valence-electron chi connectivity index (χ0n) is 10.8. The zero-order valence-corrected chi connectivity index (χ0v) is 10.8. The minimum absolute atomic E-state index is 0.394. The van der Waals surface area contributed by atoms with Gasteiger partial charge in [0.15, 0.2) is 17.6 Å². The van der Waals surface area contributed by atoms with Gasteiger partial charge in [-0.05, 0) is 31.5 Å². The lowest BCUT2D eigenvalue weighted by molar-refractivity contribution is -0.127. The van der Waals surface area contributed by atoms with E-state index in [2.05, 4.69) is 0 Å². The number of benzene rings is 1. The standard InChI is InChI=1S/C13H18N2O3/c1-4-5-10-6-7-11(12(8-10)17-3)18-9(2)13(16)15-14/h4-9H,14H2,1-3H3,(H,15,16)/b5-4+. The number of hydrogen-bond acceptors (Lipinski definition) is 4. The first-order valence-corrected chi connectivity index (χ1v) is 5.60. The second-order valence-electron chi connectivity index (χ2n) is 3.68. The van der Waals surface area contributed by atoms with Gasteiger partial charge in [-0.25, -0.2) is 5.84 Å². The van der Waals surface area contributed by atoms with Crippen LogP contribution in [0.15, 0.2) is 24.3 Å². The Bertz CT molecular complexity index is 444. The van der Waals surface area contributed by atoms with Gasteiger partial charge in [0.2, 0.25) is 0 Å². The molecule has 18 heavy (non-hydrogen) atoms. The predicted octanol–water partition coefficient (Wildman–Crippen LogP) is 1.49. The molecule has 1 rings (SSSR count). The van der Waals surface area contributed by atoms with Gasteiger partial charge >= 0.3 is 0 Å². The average Bonchev–Trinajstić information content (AvgIpc) is 2.39. The molecule has 5 nitrogen and oxygen atoms in total. The predicted molar refractivity (Wildman–Crippen MR) is 70.1 cm³/mol. The Balaban J connectivity index is 2.92. The monoisotopic (exact) mass is 250 g/mol. The summed E-state index contributed by atoms with van der Waals surface area (Å²) in [5.74, 6) is 5.72. The van der Waals surface area contributed by atoms with Crippen LogP contribution in [0.5, 0.6) is 11.5 Å². The van der Waals surface area contributed by atoms with Gasteiger partial charge in [-0.3, -0.25) is 10.2 Å². The summed E-state index contributed by atoms with van der Waals surface area (Å²) in [4.78, 5) is 11.3. The van der Waals surface area contributed by atoms with Crippen molar-refractivity contribution in [3.8, 4) is 11.5 Å². The topological polar surface area (TPSA) is 73.6 Å². The summed E-state index contributed by atoms with van der Waals surface area (Å²) in [6, 6.07) is 5.47. The summed E-state index contributed by atoms with van der Waals surface area (Å²) in [7, 11) is 1.55. The molecule has 0 aliphatic heterocycles. The van der Waals surface area contributed by atoms with Crippen LogP contribution in [0.25, 0.3) is 6.08 Å². The van der Waals surface area contributed by atoms with Crippen LogP contribution in [0.2, 0.25) is 0 Å². The fraction of sp³-hybridized carbons (Fsp3) is 0.308. The lowest BCUT2D eigenvalue weighted by Gasteiger charge is -2.15. The third kappa shape index (κ3) is 3.49. The third-order valence-electron chi connectivity index (χ3n) is 2.36. The molecule has 1 aromatic carbocycles. The van der Waals surface area contributed by atoms with Gasteiger partial charge in [0.25, 0.3) is 5.91 Å². The smallest absolute Gasteiger partial charge is 0.274 e. The number of amides is 1. The van der Waals surface area contributed by atoms with Gasteiger partial charge < -0.3 is 9.47 Å². The van der Waals surface area contributed by atoms with E-state index in [1.165, 1.54) is 0 Å². The number of nitrogens with one attached hydrogen (secondary N) is 1. The van der Waals surface area contributed by atoms with Crippen molar-refractivity contribution in [3.63, 3.8) is 0 Å². The molecule has 1 atom stereocenters. The largest absolute Gasteiger partial charge is 0.493 e. The second-order valence-corrected chi connectivity index (χ2v) is 3.68. The van der Waals surface area contributed by atoms with Crippen LogP contribution < -0.4 is 20.7 Å². The van der Waals surface area contributed by atoms with Crippen molar-refractivity contribution in [2.45, 2.75) is 20.0 Å². The molecule has 1 aromatic rings. The summed E-state index contributed by atoms with van der Waals surface area (Å²) < 4.78 is 10.7. The molecule has 0 spiro atoms. The molecule has 1 amide bonds. The van der Waals surface area contributed by atoms with Gasteiger partial charge in [-0.2, -0.15) is 0 Å². The van der Waals surface area contributed by atoms with E-state index in [1.807, 2.05) is 36.6 Å². The molecule has 1 unspecified atom stereocenters. The molecule has 0 aliphatic carbocycles. The molecule has 0 radical (unpaired) electrons. The van der Waals surface area contributed by atoms with Crippen LogP contribution in [0.3, 0.4) is 0 Å². The minimum Gasteiger partial charge on any atom is -0.493 e. The van der Waals surface area contributed by atoms with Crippen molar-refractivity contribution in [2.24, 2.45) is 5.84 Å². The maximum Gasteiger partial charge on any atom is 0.274 e. The molecular weight excluding hydrogens is 232 g/mol. The molecular formula is C13H18N2O3. The van der Waals surface area contributed by atoms with Crippen molar-refractivity contribution in [1.82, 2.24) is 5.43 Å². The second kappa shape index (κ2) is 6.66. The lowest BCUT2D eigenvalue weighted by Crippen LogP contribution is -2.40. The van der Waals surface area contributed by atoms with Crippen LogP contribution in [-0.4, -0.2) is 19.1 Å². The molecule has 0 saturated carbocycles. The highest BCUT2D eigenvalue weighted by Gasteiger charge is 2.15.